The van der Waals surface area contributed by atoms with E-state index in [4.69, 9.17) is 8.37 Å². The lowest BCUT2D eigenvalue weighted by Gasteiger charge is -2.24. The molecular weight excluding hydrogens is 362 g/mol. The Labute approximate surface area is 150 Å². The summed E-state index contributed by atoms with van der Waals surface area (Å²) in [5.41, 5.74) is -0.138. The zero-order valence-corrected chi connectivity index (χ0v) is 16.0. The van der Waals surface area contributed by atoms with Gasteiger partial charge in [0.25, 0.3) is 20.2 Å². The summed E-state index contributed by atoms with van der Waals surface area (Å²) in [5, 5.41) is 0. The molecule has 0 aromatic heterocycles. The zero-order valence-electron chi connectivity index (χ0n) is 14.4. The lowest BCUT2D eigenvalue weighted by Crippen LogP contribution is -2.41. The highest BCUT2D eigenvalue weighted by Crippen LogP contribution is 2.23. The van der Waals surface area contributed by atoms with Crippen LogP contribution < -0.4 is 0 Å². The normalized spacial score (nSPS) is 12.9. The van der Waals surface area contributed by atoms with E-state index in [1.807, 2.05) is 13.8 Å². The summed E-state index contributed by atoms with van der Waals surface area (Å²) in [6, 6.07) is 12.0. The Balaban J connectivity index is 2.23. The summed E-state index contributed by atoms with van der Waals surface area (Å²) >= 11 is 0. The first-order valence-electron chi connectivity index (χ1n) is 7.46. The molecule has 0 amide bonds. The third kappa shape index (κ3) is 5.18. The van der Waals surface area contributed by atoms with Gasteiger partial charge in [-0.1, -0.05) is 35.4 Å². The first-order valence-corrected chi connectivity index (χ1v) is 10.3. The summed E-state index contributed by atoms with van der Waals surface area (Å²) in [5.74, 6) is 0. The average Bonchev–Trinajstić information content (AvgIpc) is 2.45. The van der Waals surface area contributed by atoms with Crippen LogP contribution in [0.4, 0.5) is 0 Å². The van der Waals surface area contributed by atoms with Crippen molar-refractivity contribution in [3.8, 4) is 0 Å². The molecule has 0 bridgehead atoms. The van der Waals surface area contributed by atoms with Crippen LogP contribution in [0.2, 0.25) is 0 Å². The van der Waals surface area contributed by atoms with Crippen molar-refractivity contribution in [3.05, 3.63) is 59.7 Å². The van der Waals surface area contributed by atoms with Crippen LogP contribution in [0, 0.1) is 13.8 Å². The lowest BCUT2D eigenvalue weighted by atomic mass is 9.77. The summed E-state index contributed by atoms with van der Waals surface area (Å²) in [6.45, 7) is 3.64. The van der Waals surface area contributed by atoms with Gasteiger partial charge in [-0.25, -0.2) is 0 Å². The van der Waals surface area contributed by atoms with E-state index in [1.165, 1.54) is 40.0 Å². The molecule has 10 heteroatoms. The summed E-state index contributed by atoms with van der Waals surface area (Å²) in [6.07, 6.45) is 0. The van der Waals surface area contributed by atoms with E-state index >= 15 is 0 Å². The van der Waals surface area contributed by atoms with Crippen LogP contribution in [0.5, 0.6) is 0 Å². The fourth-order valence-electron chi connectivity index (χ4n) is 2.05. The molecular formula is C15H18B2O6S2. The minimum Gasteiger partial charge on any atom is -0.250 e. The number of hydrogen-bond donors (Lipinski definition) is 0. The minimum absolute atomic E-state index is 0.0810. The lowest BCUT2D eigenvalue weighted by molar-refractivity contribution is 0.0481. The van der Waals surface area contributed by atoms with E-state index in [9.17, 15) is 16.8 Å². The molecule has 25 heavy (non-hydrogen) atoms. The maximum Gasteiger partial charge on any atom is 0.298 e. The maximum atomic E-state index is 12.3. The Hall–Kier alpha value is -1.61. The molecule has 0 spiro atoms. The quantitative estimate of drug-likeness (QED) is 0.407. The molecule has 0 radical (unpaired) electrons. The molecule has 0 aliphatic carbocycles. The smallest absolute Gasteiger partial charge is 0.250 e. The zero-order chi connectivity index (χ0) is 18.9. The molecule has 0 N–H and O–H groups in total. The highest BCUT2D eigenvalue weighted by Gasteiger charge is 2.34. The van der Waals surface area contributed by atoms with E-state index in [2.05, 4.69) is 0 Å². The van der Waals surface area contributed by atoms with Crippen LogP contribution in [0.25, 0.3) is 0 Å². The Morgan fingerprint density at radius 3 is 1.24 bits per heavy atom. The third-order valence-corrected chi connectivity index (χ3v) is 6.18. The van der Waals surface area contributed by atoms with E-state index in [0.717, 1.165) is 11.1 Å². The summed E-state index contributed by atoms with van der Waals surface area (Å²) in [7, 11) is -5.92. The Kier molecular flexibility index (Phi) is 5.48. The maximum absolute atomic E-state index is 12.3. The van der Waals surface area contributed by atoms with Crippen molar-refractivity contribution in [2.75, 3.05) is 0 Å². The predicted molar refractivity (Wildman–Crippen MR) is 98.7 cm³/mol. The molecule has 6 nitrogen and oxygen atoms in total. The van der Waals surface area contributed by atoms with Crippen molar-refractivity contribution in [1.29, 1.82) is 0 Å². The van der Waals surface area contributed by atoms with Gasteiger partial charge in [-0.05, 0) is 38.1 Å². The number of hydrogen-bond acceptors (Lipinski definition) is 6. The molecule has 0 fully saturated rings. The molecule has 0 unspecified atom stereocenters. The fraction of sp³-hybridized carbons (Fsp3) is 0.200. The van der Waals surface area contributed by atoms with E-state index < -0.39 is 25.8 Å². The van der Waals surface area contributed by atoms with Crippen molar-refractivity contribution in [2.24, 2.45) is 0 Å². The van der Waals surface area contributed by atoms with Crippen LogP contribution in [0.3, 0.4) is 0 Å². The van der Waals surface area contributed by atoms with Gasteiger partial charge in [-0.2, -0.15) is 16.8 Å². The average molecular weight is 380 g/mol. The van der Waals surface area contributed by atoms with Crippen LogP contribution in [0.15, 0.2) is 58.3 Å². The molecule has 0 aliphatic rings. The van der Waals surface area contributed by atoms with Gasteiger partial charge in [-0.15, -0.1) is 0 Å². The van der Waals surface area contributed by atoms with Gasteiger partial charge in [0.2, 0.25) is 0 Å². The highest BCUT2D eigenvalue weighted by molar-refractivity contribution is 7.87. The van der Waals surface area contributed by atoms with Crippen LogP contribution in [-0.2, 0) is 28.6 Å². The third-order valence-electron chi connectivity index (χ3n) is 3.24. The van der Waals surface area contributed by atoms with Crippen molar-refractivity contribution < 1.29 is 25.2 Å². The molecule has 0 heterocycles. The van der Waals surface area contributed by atoms with Gasteiger partial charge >= 0.3 is 0 Å². The van der Waals surface area contributed by atoms with Gasteiger partial charge in [-0.3, -0.25) is 8.37 Å². The second kappa shape index (κ2) is 6.95. The van der Waals surface area contributed by atoms with Gasteiger partial charge in [0.05, 0.1) is 9.79 Å². The standard InChI is InChI=1S/C15H18B2O6S2/c1-11-3-7-13(8-4-11)24(18,19)22-15(16,17)23-25(20,21)14-9-5-12(2)6-10-14/h3-10H,16-17H2,1-2H3. The summed E-state index contributed by atoms with van der Waals surface area (Å²) < 4.78 is 59.3. The Morgan fingerprint density at radius 2 is 0.960 bits per heavy atom. The van der Waals surface area contributed by atoms with Crippen LogP contribution in [-0.4, -0.2) is 38.1 Å². The van der Waals surface area contributed by atoms with Crippen molar-refractivity contribution >= 4 is 35.9 Å². The highest BCUT2D eigenvalue weighted by atomic mass is 32.2. The van der Waals surface area contributed by atoms with Gasteiger partial charge in [0.1, 0.15) is 5.59 Å². The van der Waals surface area contributed by atoms with E-state index in [1.54, 1.807) is 24.3 Å². The van der Waals surface area contributed by atoms with Gasteiger partial charge in [0.15, 0.2) is 15.7 Å². The van der Waals surface area contributed by atoms with Crippen LogP contribution in [0.1, 0.15) is 11.1 Å². The first-order chi connectivity index (χ1) is 11.4. The molecule has 0 saturated heterocycles. The number of aryl methyl sites for hydroxylation is 2. The Morgan fingerprint density at radius 1 is 0.680 bits per heavy atom. The molecule has 2 rings (SSSR count). The molecule has 2 aromatic carbocycles. The monoisotopic (exact) mass is 380 g/mol. The Bertz CT molecular complexity index is 871. The second-order valence-electron chi connectivity index (χ2n) is 6.10. The number of benzene rings is 2. The van der Waals surface area contributed by atoms with Crippen molar-refractivity contribution in [3.63, 3.8) is 0 Å². The fourth-order valence-corrected chi connectivity index (χ4v) is 4.35. The number of rotatable bonds is 6. The van der Waals surface area contributed by atoms with E-state index in [-0.39, 0.29) is 9.79 Å². The molecule has 0 aliphatic heterocycles. The van der Waals surface area contributed by atoms with Crippen molar-refractivity contribution in [2.45, 2.75) is 29.2 Å². The minimum atomic E-state index is -4.19. The molecule has 2 aromatic rings. The van der Waals surface area contributed by atoms with Crippen LogP contribution >= 0.6 is 0 Å². The topological polar surface area (TPSA) is 86.7 Å². The van der Waals surface area contributed by atoms with Gasteiger partial charge < -0.3 is 0 Å². The van der Waals surface area contributed by atoms with Crippen molar-refractivity contribution in [1.82, 2.24) is 0 Å². The molecule has 0 saturated carbocycles. The largest absolute Gasteiger partial charge is 0.298 e. The predicted octanol–water partition coefficient (Wildman–Crippen LogP) is 0.292. The SMILES string of the molecule is BC(B)(OS(=O)(=O)c1ccc(C)cc1)OS(=O)(=O)c1ccc(C)cc1. The first kappa shape index (κ1) is 19.7. The second-order valence-corrected chi connectivity index (χ2v) is 9.19. The molecule has 0 atom stereocenters. The summed E-state index contributed by atoms with van der Waals surface area (Å²) in [4.78, 5) is -0.162. The van der Waals surface area contributed by atoms with E-state index in [0.29, 0.717) is 0 Å². The van der Waals surface area contributed by atoms with Gasteiger partial charge in [0, 0.05) is 0 Å². The molecule has 132 valence electrons.